The number of nitrogens with one attached hydrogen (secondary N) is 1. The number of likely N-dealkylation sites (tertiary alicyclic amines) is 1. The summed E-state index contributed by atoms with van der Waals surface area (Å²) in [7, 11) is 0. The number of halogens is 1. The average Bonchev–Trinajstić information content (AvgIpc) is 3.25. The first-order chi connectivity index (χ1) is 13.8. The molecule has 1 spiro atoms. The van der Waals surface area contributed by atoms with Crippen LogP contribution in [0.2, 0.25) is 0 Å². The van der Waals surface area contributed by atoms with Gasteiger partial charge in [0.25, 0.3) is 0 Å². The molecule has 0 aliphatic carbocycles. The van der Waals surface area contributed by atoms with E-state index in [-0.39, 0.29) is 28.7 Å². The smallest absolute Gasteiger partial charge is 0.337 e. The van der Waals surface area contributed by atoms with Crippen LogP contribution in [0.3, 0.4) is 0 Å². The lowest BCUT2D eigenvalue weighted by Crippen LogP contribution is -2.41. The van der Waals surface area contributed by atoms with E-state index in [1.165, 1.54) is 18.3 Å². The van der Waals surface area contributed by atoms with Crippen molar-refractivity contribution in [1.82, 2.24) is 9.88 Å². The van der Waals surface area contributed by atoms with Gasteiger partial charge in [0.1, 0.15) is 5.82 Å². The fourth-order valence-corrected chi connectivity index (χ4v) is 4.45. The Morgan fingerprint density at radius 1 is 1.21 bits per heavy atom. The number of aromatic nitrogens is 1. The molecule has 0 saturated carbocycles. The maximum atomic E-state index is 13.0. The van der Waals surface area contributed by atoms with Crippen molar-refractivity contribution in [3.63, 3.8) is 0 Å². The highest BCUT2D eigenvalue weighted by Gasteiger charge is 2.49. The number of hydrogen-bond donors (Lipinski definition) is 2. The van der Waals surface area contributed by atoms with Crippen LogP contribution in [0, 0.1) is 0 Å². The zero-order valence-electron chi connectivity index (χ0n) is 15.7. The molecule has 2 N–H and O–H groups in total. The molecule has 0 bridgehead atoms. The Kier molecular flexibility index (Phi) is 4.77. The van der Waals surface area contributed by atoms with Gasteiger partial charge in [0.2, 0.25) is 5.91 Å². The molecule has 2 aromatic rings. The van der Waals surface area contributed by atoms with Crippen LogP contribution < -0.4 is 10.2 Å². The summed E-state index contributed by atoms with van der Waals surface area (Å²) in [4.78, 5) is 43.3. The minimum Gasteiger partial charge on any atom is -0.478 e. The number of carbonyl (C=O) groups is 3. The number of fused-ring (bicyclic) bond motifs is 2. The molecule has 1 fully saturated rings. The number of nitrogens with zero attached hydrogens (tertiary/aromatic N) is 3. The lowest BCUT2D eigenvalue weighted by molar-refractivity contribution is -0.127. The van der Waals surface area contributed by atoms with Crippen LogP contribution in [0.4, 0.5) is 16.3 Å². The van der Waals surface area contributed by atoms with Gasteiger partial charge >= 0.3 is 12.0 Å². The first kappa shape index (κ1) is 19.4. The fraction of sp³-hybridized carbons (Fsp3) is 0.300. The predicted molar refractivity (Wildman–Crippen MR) is 110 cm³/mol. The van der Waals surface area contributed by atoms with Crippen molar-refractivity contribution in [2.75, 3.05) is 29.9 Å². The van der Waals surface area contributed by atoms with E-state index in [0.717, 1.165) is 22.1 Å². The summed E-state index contributed by atoms with van der Waals surface area (Å²) in [6.45, 7) is 3.25. The molecule has 8 nitrogen and oxygen atoms in total. The molecule has 1 aromatic carbocycles. The zero-order chi connectivity index (χ0) is 20.8. The van der Waals surface area contributed by atoms with Crippen molar-refractivity contribution in [3.05, 3.63) is 52.1 Å². The van der Waals surface area contributed by atoms with Crippen LogP contribution in [-0.2, 0) is 10.2 Å². The maximum absolute atomic E-state index is 13.0. The number of aromatic carboxylic acids is 1. The Morgan fingerprint density at radius 3 is 2.62 bits per heavy atom. The molecule has 1 unspecified atom stereocenters. The van der Waals surface area contributed by atoms with Crippen LogP contribution in [0.1, 0.15) is 29.3 Å². The molecule has 3 heterocycles. The summed E-state index contributed by atoms with van der Waals surface area (Å²) in [6, 6.07) is 8.31. The molecule has 1 saturated heterocycles. The molecule has 1 atom stereocenters. The molecule has 29 heavy (non-hydrogen) atoms. The van der Waals surface area contributed by atoms with E-state index in [1.54, 1.807) is 11.8 Å². The van der Waals surface area contributed by atoms with Crippen LogP contribution in [0.25, 0.3) is 0 Å². The number of amides is 3. The van der Waals surface area contributed by atoms with Gasteiger partial charge in [-0.25, -0.2) is 14.6 Å². The van der Waals surface area contributed by atoms with Crippen molar-refractivity contribution < 1.29 is 19.5 Å². The number of carboxylic acids is 1. The van der Waals surface area contributed by atoms with Crippen molar-refractivity contribution in [3.8, 4) is 0 Å². The SMILES string of the molecule is CC(=O)N1CCC2(C1)CN(C(=O)Nc1ccc(C(=O)O)cn1)c1ccc(Br)cc12. The van der Waals surface area contributed by atoms with Crippen LogP contribution in [0.5, 0.6) is 0 Å². The van der Waals surface area contributed by atoms with Crippen molar-refractivity contribution in [1.29, 1.82) is 0 Å². The first-order valence-electron chi connectivity index (χ1n) is 9.12. The van der Waals surface area contributed by atoms with E-state index in [1.807, 2.05) is 23.1 Å². The molecular formula is C20H19BrN4O4. The molecule has 0 radical (unpaired) electrons. The number of rotatable bonds is 2. The second-order valence-electron chi connectivity index (χ2n) is 7.39. The van der Waals surface area contributed by atoms with Crippen molar-refractivity contribution in [2.45, 2.75) is 18.8 Å². The van der Waals surface area contributed by atoms with Gasteiger partial charge in [-0.1, -0.05) is 15.9 Å². The summed E-state index contributed by atoms with van der Waals surface area (Å²) in [5, 5.41) is 11.7. The molecule has 150 valence electrons. The minimum absolute atomic E-state index is 0.0315. The largest absolute Gasteiger partial charge is 0.478 e. The van der Waals surface area contributed by atoms with Gasteiger partial charge in [-0.2, -0.15) is 0 Å². The summed E-state index contributed by atoms with van der Waals surface area (Å²) >= 11 is 3.51. The number of carboxylic acid groups (broad SMARTS) is 1. The van der Waals surface area contributed by atoms with Gasteiger partial charge in [0.05, 0.1) is 5.56 Å². The van der Waals surface area contributed by atoms with Crippen LogP contribution in [0.15, 0.2) is 41.0 Å². The average molecular weight is 459 g/mol. The molecule has 2 aliphatic rings. The quantitative estimate of drug-likeness (QED) is 0.719. The number of pyridine rings is 1. The van der Waals surface area contributed by atoms with Gasteiger partial charge < -0.3 is 10.0 Å². The normalized spacial score (nSPS) is 20.1. The van der Waals surface area contributed by atoms with Crippen molar-refractivity contribution >= 4 is 45.3 Å². The second-order valence-corrected chi connectivity index (χ2v) is 8.30. The van der Waals surface area contributed by atoms with E-state index in [0.29, 0.717) is 19.6 Å². The molecule has 4 rings (SSSR count). The summed E-state index contributed by atoms with van der Waals surface area (Å²) in [5.74, 6) is -0.770. The predicted octanol–water partition coefficient (Wildman–Crippen LogP) is 3.08. The van der Waals surface area contributed by atoms with Crippen LogP contribution >= 0.6 is 15.9 Å². The molecule has 3 amide bonds. The topological polar surface area (TPSA) is 103 Å². The van der Waals surface area contributed by atoms with Crippen LogP contribution in [-0.4, -0.2) is 52.5 Å². The van der Waals surface area contributed by atoms with Gasteiger partial charge in [-0.15, -0.1) is 0 Å². The third kappa shape index (κ3) is 3.46. The Bertz CT molecular complexity index is 1010. The maximum Gasteiger partial charge on any atom is 0.337 e. The lowest BCUT2D eigenvalue weighted by Gasteiger charge is -2.25. The number of anilines is 2. The van der Waals surface area contributed by atoms with Gasteiger partial charge in [-0.05, 0) is 42.3 Å². The van der Waals surface area contributed by atoms with E-state index in [9.17, 15) is 14.4 Å². The number of benzene rings is 1. The third-order valence-corrected chi connectivity index (χ3v) is 6.06. The molecule has 2 aliphatic heterocycles. The van der Waals surface area contributed by atoms with Gasteiger partial charge in [0.15, 0.2) is 0 Å². The number of hydrogen-bond acceptors (Lipinski definition) is 4. The van der Waals surface area contributed by atoms with Crippen molar-refractivity contribution in [2.24, 2.45) is 0 Å². The Balaban J connectivity index is 1.61. The third-order valence-electron chi connectivity index (χ3n) is 5.57. The molecule has 1 aromatic heterocycles. The standard InChI is InChI=1S/C20H19BrN4O4/c1-12(26)24-7-6-20(10-24)11-25(16-4-3-14(21)8-15(16)20)19(29)23-17-5-2-13(9-22-17)18(27)28/h2-5,8-9H,6-7,10-11H2,1H3,(H,27,28)(H,22,23,29). The summed E-state index contributed by atoms with van der Waals surface area (Å²) in [6.07, 6.45) is 1.99. The Hall–Kier alpha value is -2.94. The highest BCUT2D eigenvalue weighted by molar-refractivity contribution is 9.10. The Labute approximate surface area is 175 Å². The molecular weight excluding hydrogens is 440 g/mol. The minimum atomic E-state index is -1.08. The molecule has 9 heteroatoms. The van der Waals surface area contributed by atoms with E-state index in [4.69, 9.17) is 5.11 Å². The zero-order valence-corrected chi connectivity index (χ0v) is 17.3. The van der Waals surface area contributed by atoms with Gasteiger partial charge in [0, 0.05) is 48.3 Å². The highest BCUT2D eigenvalue weighted by Crippen LogP contribution is 2.47. The number of carbonyl (C=O) groups excluding carboxylic acids is 2. The number of urea groups is 1. The highest BCUT2D eigenvalue weighted by atomic mass is 79.9. The van der Waals surface area contributed by atoms with E-state index in [2.05, 4.69) is 26.2 Å². The van der Waals surface area contributed by atoms with E-state index < -0.39 is 5.97 Å². The van der Waals surface area contributed by atoms with E-state index >= 15 is 0 Å². The summed E-state index contributed by atoms with van der Waals surface area (Å²) in [5.41, 5.74) is 1.59. The second kappa shape index (κ2) is 7.14. The van der Waals surface area contributed by atoms with Gasteiger partial charge in [-0.3, -0.25) is 15.0 Å². The summed E-state index contributed by atoms with van der Waals surface area (Å²) < 4.78 is 0.921. The Morgan fingerprint density at radius 2 is 2.00 bits per heavy atom. The fourth-order valence-electron chi connectivity index (χ4n) is 4.08. The first-order valence-corrected chi connectivity index (χ1v) is 9.92. The monoisotopic (exact) mass is 458 g/mol. The lowest BCUT2D eigenvalue weighted by atomic mass is 9.81.